The second-order valence-corrected chi connectivity index (χ2v) is 3.48. The van der Waals surface area contributed by atoms with Gasteiger partial charge in [-0.15, -0.1) is 0 Å². The van der Waals surface area contributed by atoms with Crippen molar-refractivity contribution in [1.29, 1.82) is 0 Å². The lowest BCUT2D eigenvalue weighted by atomic mass is 10.0. The average Bonchev–Trinajstić information content (AvgIpc) is 2.34. The quantitative estimate of drug-likeness (QED) is 0.796. The number of carbonyl (C=O) groups excluding carboxylic acids is 1. The van der Waals surface area contributed by atoms with Gasteiger partial charge in [0.05, 0.1) is 14.2 Å². The first-order valence-electron chi connectivity index (χ1n) is 5.19. The number of ether oxygens (including phenoxy) is 2. The van der Waals surface area contributed by atoms with Crippen LogP contribution in [0.3, 0.4) is 0 Å². The Hall–Kier alpha value is -1.62. The molecular formula is C12H15FO4. The summed E-state index contributed by atoms with van der Waals surface area (Å²) in [6.45, 7) is 0.0151. The van der Waals surface area contributed by atoms with Crippen LogP contribution in [0, 0.1) is 5.82 Å². The van der Waals surface area contributed by atoms with Gasteiger partial charge in [0.1, 0.15) is 5.56 Å². The Kier molecular flexibility index (Phi) is 4.90. The normalized spacial score (nSPS) is 10.1. The van der Waals surface area contributed by atoms with E-state index in [4.69, 9.17) is 9.84 Å². The number of aryl methyl sites for hydroxylation is 1. The number of methoxy groups -OCH3 is 2. The molecule has 0 aliphatic rings. The Morgan fingerprint density at radius 1 is 1.41 bits per heavy atom. The molecule has 1 aromatic rings. The maximum Gasteiger partial charge on any atom is 0.341 e. The molecule has 0 saturated carbocycles. The molecule has 0 atom stereocenters. The molecule has 17 heavy (non-hydrogen) atoms. The van der Waals surface area contributed by atoms with E-state index in [2.05, 4.69) is 4.74 Å². The summed E-state index contributed by atoms with van der Waals surface area (Å²) in [7, 11) is 2.51. The molecule has 1 N–H and O–H groups in total. The van der Waals surface area contributed by atoms with E-state index in [1.165, 1.54) is 26.4 Å². The molecule has 0 heterocycles. The average molecular weight is 242 g/mol. The van der Waals surface area contributed by atoms with Crippen molar-refractivity contribution in [3.63, 3.8) is 0 Å². The van der Waals surface area contributed by atoms with Crippen molar-refractivity contribution in [1.82, 2.24) is 0 Å². The maximum atomic E-state index is 13.6. The number of hydrogen-bond donors (Lipinski definition) is 1. The molecule has 0 unspecified atom stereocenters. The van der Waals surface area contributed by atoms with Gasteiger partial charge in [-0.3, -0.25) is 0 Å². The number of benzene rings is 1. The highest BCUT2D eigenvalue weighted by Crippen LogP contribution is 2.25. The van der Waals surface area contributed by atoms with Crippen LogP contribution in [0.4, 0.5) is 4.39 Å². The number of halogens is 1. The standard InChI is InChI=1S/C12H15FO4/c1-16-11-9(12(15)17-2)6-8(4-3-5-14)7-10(11)13/h6-7,14H,3-5H2,1-2H3. The van der Waals surface area contributed by atoms with E-state index in [-0.39, 0.29) is 17.9 Å². The zero-order chi connectivity index (χ0) is 12.8. The van der Waals surface area contributed by atoms with Crippen LogP contribution >= 0.6 is 0 Å². The van der Waals surface area contributed by atoms with Gasteiger partial charge in [0.15, 0.2) is 11.6 Å². The zero-order valence-electron chi connectivity index (χ0n) is 9.83. The lowest BCUT2D eigenvalue weighted by molar-refractivity contribution is 0.0596. The molecule has 0 aliphatic heterocycles. The third-order valence-electron chi connectivity index (χ3n) is 2.34. The van der Waals surface area contributed by atoms with E-state index in [9.17, 15) is 9.18 Å². The molecule has 94 valence electrons. The van der Waals surface area contributed by atoms with E-state index in [1.807, 2.05) is 0 Å². The molecule has 4 nitrogen and oxygen atoms in total. The van der Waals surface area contributed by atoms with Crippen molar-refractivity contribution < 1.29 is 23.8 Å². The van der Waals surface area contributed by atoms with Crippen LogP contribution in [-0.2, 0) is 11.2 Å². The number of hydrogen-bond acceptors (Lipinski definition) is 4. The summed E-state index contributed by atoms with van der Waals surface area (Å²) in [4.78, 5) is 11.5. The van der Waals surface area contributed by atoms with Gasteiger partial charge in [-0.2, -0.15) is 0 Å². The molecule has 1 aromatic carbocycles. The fraction of sp³-hybridized carbons (Fsp3) is 0.417. The van der Waals surface area contributed by atoms with E-state index in [0.717, 1.165) is 0 Å². The Labute approximate surface area is 99.0 Å². The van der Waals surface area contributed by atoms with E-state index in [1.54, 1.807) is 0 Å². The van der Waals surface area contributed by atoms with Crippen molar-refractivity contribution in [3.05, 3.63) is 29.1 Å². The molecule has 0 fully saturated rings. The monoisotopic (exact) mass is 242 g/mol. The Balaban J connectivity index is 3.14. The first kappa shape index (κ1) is 13.4. The summed E-state index contributed by atoms with van der Waals surface area (Å²) in [6, 6.07) is 2.81. The van der Waals surface area contributed by atoms with Crippen LogP contribution in [0.2, 0.25) is 0 Å². The zero-order valence-corrected chi connectivity index (χ0v) is 9.83. The molecule has 1 rings (SSSR count). The first-order valence-corrected chi connectivity index (χ1v) is 5.19. The van der Waals surface area contributed by atoms with Crippen LogP contribution in [0.15, 0.2) is 12.1 Å². The molecule has 0 aliphatic carbocycles. The lowest BCUT2D eigenvalue weighted by Gasteiger charge is -2.10. The highest BCUT2D eigenvalue weighted by atomic mass is 19.1. The van der Waals surface area contributed by atoms with Gasteiger partial charge < -0.3 is 14.6 Å². The predicted molar refractivity (Wildman–Crippen MR) is 59.7 cm³/mol. The van der Waals surface area contributed by atoms with Crippen LogP contribution in [0.5, 0.6) is 5.75 Å². The van der Waals surface area contributed by atoms with E-state index in [0.29, 0.717) is 18.4 Å². The van der Waals surface area contributed by atoms with Gasteiger partial charge in [0, 0.05) is 6.61 Å². The second-order valence-electron chi connectivity index (χ2n) is 3.48. The summed E-state index contributed by atoms with van der Waals surface area (Å²) in [5.74, 6) is -1.38. The molecular weight excluding hydrogens is 227 g/mol. The Morgan fingerprint density at radius 3 is 2.65 bits per heavy atom. The van der Waals surface area contributed by atoms with Gasteiger partial charge in [-0.1, -0.05) is 0 Å². The fourth-order valence-electron chi connectivity index (χ4n) is 1.55. The molecule has 0 saturated heterocycles. The topological polar surface area (TPSA) is 55.8 Å². The molecule has 0 radical (unpaired) electrons. The molecule has 5 heteroatoms. The van der Waals surface area contributed by atoms with Crippen LogP contribution in [0.1, 0.15) is 22.3 Å². The number of carbonyl (C=O) groups is 1. The van der Waals surface area contributed by atoms with Crippen LogP contribution in [0.25, 0.3) is 0 Å². The summed E-state index contributed by atoms with van der Waals surface area (Å²) >= 11 is 0. The predicted octanol–water partition coefficient (Wildman–Crippen LogP) is 1.55. The number of esters is 1. The smallest absolute Gasteiger partial charge is 0.341 e. The van der Waals surface area contributed by atoms with Crippen LogP contribution in [-0.4, -0.2) is 31.9 Å². The van der Waals surface area contributed by atoms with Crippen LogP contribution < -0.4 is 4.74 Å². The minimum Gasteiger partial charge on any atom is -0.493 e. The third kappa shape index (κ3) is 3.17. The van der Waals surface area contributed by atoms with Gasteiger partial charge in [-0.25, -0.2) is 9.18 Å². The largest absolute Gasteiger partial charge is 0.493 e. The van der Waals surface area contributed by atoms with Gasteiger partial charge in [0.2, 0.25) is 0 Å². The Bertz CT molecular complexity index is 404. The second kappa shape index (κ2) is 6.20. The fourth-order valence-corrected chi connectivity index (χ4v) is 1.55. The molecule has 0 amide bonds. The number of aliphatic hydroxyl groups is 1. The molecule has 0 aromatic heterocycles. The summed E-state index contributed by atoms with van der Waals surface area (Å²) in [5.41, 5.74) is 0.681. The minimum absolute atomic E-state index is 0.0151. The molecule has 0 bridgehead atoms. The minimum atomic E-state index is -0.647. The number of rotatable bonds is 5. The van der Waals surface area contributed by atoms with Crippen molar-refractivity contribution in [2.45, 2.75) is 12.8 Å². The highest BCUT2D eigenvalue weighted by molar-refractivity contribution is 5.92. The SMILES string of the molecule is COC(=O)c1cc(CCCO)cc(F)c1OC. The highest BCUT2D eigenvalue weighted by Gasteiger charge is 2.18. The summed E-state index contributed by atoms with van der Waals surface area (Å²) in [6.07, 6.45) is 0.994. The van der Waals surface area contributed by atoms with Gasteiger partial charge in [-0.05, 0) is 30.5 Å². The van der Waals surface area contributed by atoms with E-state index < -0.39 is 11.8 Å². The van der Waals surface area contributed by atoms with Gasteiger partial charge in [0.25, 0.3) is 0 Å². The Morgan fingerprint density at radius 2 is 2.12 bits per heavy atom. The third-order valence-corrected chi connectivity index (χ3v) is 2.34. The van der Waals surface area contributed by atoms with E-state index >= 15 is 0 Å². The maximum absolute atomic E-state index is 13.6. The van der Waals surface area contributed by atoms with Crippen molar-refractivity contribution in [2.24, 2.45) is 0 Å². The van der Waals surface area contributed by atoms with Crippen molar-refractivity contribution in [3.8, 4) is 5.75 Å². The summed E-state index contributed by atoms with van der Waals surface area (Å²) in [5, 5.41) is 8.71. The van der Waals surface area contributed by atoms with Crippen molar-refractivity contribution >= 4 is 5.97 Å². The number of aliphatic hydroxyl groups excluding tert-OH is 1. The first-order chi connectivity index (χ1) is 8.13. The lowest BCUT2D eigenvalue weighted by Crippen LogP contribution is -2.07. The summed E-state index contributed by atoms with van der Waals surface area (Å²) < 4.78 is 23.0. The van der Waals surface area contributed by atoms with Gasteiger partial charge >= 0.3 is 5.97 Å². The van der Waals surface area contributed by atoms with Crippen molar-refractivity contribution in [2.75, 3.05) is 20.8 Å². The molecule has 0 spiro atoms.